The van der Waals surface area contributed by atoms with Crippen molar-refractivity contribution in [3.05, 3.63) is 0 Å². The Balaban J connectivity index is 2.31. The second-order valence-electron chi connectivity index (χ2n) is 6.38. The number of nitrogens with one attached hydrogen (secondary N) is 2. The standard InChI is InChI=1S/C15H30N2O2/c1-12(2)10-16-14(18)13(3)17-11-15(19)8-6-4-5-7-9-15/h12-13,17,19H,4-11H2,1-3H3,(H,16,18). The van der Waals surface area contributed by atoms with Crippen LogP contribution in [0.4, 0.5) is 0 Å². The molecule has 0 aromatic carbocycles. The van der Waals surface area contributed by atoms with Gasteiger partial charge in [-0.25, -0.2) is 0 Å². The summed E-state index contributed by atoms with van der Waals surface area (Å²) >= 11 is 0. The van der Waals surface area contributed by atoms with Gasteiger partial charge in [0.25, 0.3) is 0 Å². The number of hydrogen-bond acceptors (Lipinski definition) is 3. The van der Waals surface area contributed by atoms with Crippen molar-refractivity contribution in [2.75, 3.05) is 13.1 Å². The first-order valence-corrected chi connectivity index (χ1v) is 7.66. The Hall–Kier alpha value is -0.610. The molecule has 1 aliphatic rings. The average Bonchev–Trinajstić information content (AvgIpc) is 2.58. The zero-order valence-corrected chi connectivity index (χ0v) is 12.7. The van der Waals surface area contributed by atoms with Crippen molar-refractivity contribution in [1.29, 1.82) is 0 Å². The van der Waals surface area contributed by atoms with Crippen LogP contribution in [0, 0.1) is 5.92 Å². The van der Waals surface area contributed by atoms with Gasteiger partial charge in [0.05, 0.1) is 11.6 Å². The van der Waals surface area contributed by atoms with Crippen LogP contribution in [0.25, 0.3) is 0 Å². The molecule has 1 atom stereocenters. The van der Waals surface area contributed by atoms with E-state index in [1.165, 1.54) is 12.8 Å². The molecular formula is C15H30N2O2. The third-order valence-corrected chi connectivity index (χ3v) is 3.85. The highest BCUT2D eigenvalue weighted by Gasteiger charge is 2.28. The number of carbonyl (C=O) groups excluding carboxylic acids is 1. The second-order valence-corrected chi connectivity index (χ2v) is 6.38. The molecule has 4 nitrogen and oxygen atoms in total. The molecular weight excluding hydrogens is 240 g/mol. The van der Waals surface area contributed by atoms with Crippen molar-refractivity contribution in [2.45, 2.75) is 70.9 Å². The molecule has 1 aliphatic carbocycles. The zero-order chi connectivity index (χ0) is 14.3. The van der Waals surface area contributed by atoms with Crippen LogP contribution >= 0.6 is 0 Å². The fourth-order valence-electron chi connectivity index (χ4n) is 2.46. The van der Waals surface area contributed by atoms with Crippen LogP contribution in [0.5, 0.6) is 0 Å². The van der Waals surface area contributed by atoms with Crippen LogP contribution in [0.1, 0.15) is 59.3 Å². The highest BCUT2D eigenvalue weighted by Crippen LogP contribution is 2.26. The molecule has 0 heterocycles. The summed E-state index contributed by atoms with van der Waals surface area (Å²) in [6, 6.07) is -0.244. The first kappa shape index (κ1) is 16.4. The van der Waals surface area contributed by atoms with Crippen molar-refractivity contribution in [3.8, 4) is 0 Å². The summed E-state index contributed by atoms with van der Waals surface area (Å²) in [6.45, 7) is 7.23. The van der Waals surface area contributed by atoms with E-state index in [1.807, 2.05) is 6.92 Å². The minimum Gasteiger partial charge on any atom is -0.389 e. The number of amides is 1. The lowest BCUT2D eigenvalue weighted by Gasteiger charge is -2.28. The molecule has 1 amide bonds. The quantitative estimate of drug-likeness (QED) is 0.645. The smallest absolute Gasteiger partial charge is 0.236 e. The maximum atomic E-state index is 11.8. The van der Waals surface area contributed by atoms with E-state index < -0.39 is 5.60 Å². The number of aliphatic hydroxyl groups is 1. The van der Waals surface area contributed by atoms with Crippen LogP contribution in [-0.4, -0.2) is 35.7 Å². The third kappa shape index (κ3) is 6.39. The van der Waals surface area contributed by atoms with Crippen molar-refractivity contribution in [2.24, 2.45) is 5.92 Å². The van der Waals surface area contributed by atoms with Crippen LogP contribution in [0.15, 0.2) is 0 Å². The molecule has 19 heavy (non-hydrogen) atoms. The molecule has 1 fully saturated rings. The Labute approximate surface area is 117 Å². The Morgan fingerprint density at radius 2 is 1.74 bits per heavy atom. The first-order valence-electron chi connectivity index (χ1n) is 7.66. The Morgan fingerprint density at radius 3 is 2.26 bits per heavy atom. The van der Waals surface area contributed by atoms with Crippen LogP contribution < -0.4 is 10.6 Å². The largest absolute Gasteiger partial charge is 0.389 e. The topological polar surface area (TPSA) is 61.4 Å². The molecule has 1 rings (SSSR count). The summed E-state index contributed by atoms with van der Waals surface area (Å²) in [6.07, 6.45) is 6.30. The minimum absolute atomic E-state index is 0.0194. The van der Waals surface area contributed by atoms with Crippen LogP contribution in [0.2, 0.25) is 0 Å². The third-order valence-electron chi connectivity index (χ3n) is 3.85. The number of rotatable bonds is 6. The molecule has 0 radical (unpaired) electrons. The minimum atomic E-state index is -0.622. The maximum Gasteiger partial charge on any atom is 0.236 e. The van der Waals surface area contributed by atoms with Gasteiger partial charge in [0.15, 0.2) is 0 Å². The van der Waals surface area contributed by atoms with Crippen molar-refractivity contribution in [3.63, 3.8) is 0 Å². The van der Waals surface area contributed by atoms with Gasteiger partial charge in [0.2, 0.25) is 5.91 Å². The van der Waals surface area contributed by atoms with Crippen LogP contribution in [0.3, 0.4) is 0 Å². The zero-order valence-electron chi connectivity index (χ0n) is 12.7. The summed E-state index contributed by atoms with van der Waals surface area (Å²) in [5, 5.41) is 16.6. The Morgan fingerprint density at radius 1 is 1.16 bits per heavy atom. The van der Waals surface area contributed by atoms with Crippen molar-refractivity contribution < 1.29 is 9.90 Å². The van der Waals surface area contributed by atoms with Gasteiger partial charge in [-0.05, 0) is 25.7 Å². The van der Waals surface area contributed by atoms with Gasteiger partial charge in [-0.15, -0.1) is 0 Å². The Bertz CT molecular complexity index is 271. The Kier molecular flexibility index (Phi) is 6.80. The van der Waals surface area contributed by atoms with Gasteiger partial charge >= 0.3 is 0 Å². The molecule has 1 unspecified atom stereocenters. The summed E-state index contributed by atoms with van der Waals surface area (Å²) < 4.78 is 0. The summed E-state index contributed by atoms with van der Waals surface area (Å²) in [5.74, 6) is 0.480. The molecule has 4 heteroatoms. The van der Waals surface area contributed by atoms with Crippen LogP contribution in [-0.2, 0) is 4.79 Å². The molecule has 112 valence electrons. The first-order chi connectivity index (χ1) is 8.93. The van der Waals surface area contributed by atoms with E-state index in [0.29, 0.717) is 19.0 Å². The van der Waals surface area contributed by atoms with Gasteiger partial charge < -0.3 is 15.7 Å². The maximum absolute atomic E-state index is 11.8. The predicted octanol–water partition coefficient (Wildman–Crippen LogP) is 1.82. The van der Waals surface area contributed by atoms with Gasteiger partial charge in [0.1, 0.15) is 0 Å². The molecule has 0 aromatic heterocycles. The van der Waals surface area contributed by atoms with E-state index in [0.717, 1.165) is 25.7 Å². The van der Waals surface area contributed by atoms with Crippen molar-refractivity contribution in [1.82, 2.24) is 10.6 Å². The highest BCUT2D eigenvalue weighted by atomic mass is 16.3. The predicted molar refractivity (Wildman–Crippen MR) is 78.0 cm³/mol. The molecule has 0 bridgehead atoms. The molecule has 0 saturated heterocycles. The molecule has 0 aliphatic heterocycles. The SMILES string of the molecule is CC(C)CNC(=O)C(C)NCC1(O)CCCCCC1. The van der Waals surface area contributed by atoms with Gasteiger partial charge in [0, 0.05) is 13.1 Å². The number of carbonyl (C=O) groups is 1. The lowest BCUT2D eigenvalue weighted by molar-refractivity contribution is -0.123. The average molecular weight is 270 g/mol. The molecule has 0 spiro atoms. The highest BCUT2D eigenvalue weighted by molar-refractivity contribution is 5.81. The van der Waals surface area contributed by atoms with Gasteiger partial charge in [-0.3, -0.25) is 4.79 Å². The van der Waals surface area contributed by atoms with E-state index in [-0.39, 0.29) is 11.9 Å². The fraction of sp³-hybridized carbons (Fsp3) is 0.933. The van der Waals surface area contributed by atoms with Gasteiger partial charge in [-0.2, -0.15) is 0 Å². The number of hydrogen-bond donors (Lipinski definition) is 3. The summed E-state index contributed by atoms with van der Waals surface area (Å²) in [7, 11) is 0. The molecule has 1 saturated carbocycles. The summed E-state index contributed by atoms with van der Waals surface area (Å²) in [4.78, 5) is 11.8. The normalized spacial score (nSPS) is 20.9. The van der Waals surface area contributed by atoms with E-state index >= 15 is 0 Å². The van der Waals surface area contributed by atoms with E-state index in [2.05, 4.69) is 24.5 Å². The summed E-state index contributed by atoms with van der Waals surface area (Å²) in [5.41, 5.74) is -0.622. The molecule has 3 N–H and O–H groups in total. The fourth-order valence-corrected chi connectivity index (χ4v) is 2.46. The van der Waals surface area contributed by atoms with E-state index in [1.54, 1.807) is 0 Å². The van der Waals surface area contributed by atoms with Gasteiger partial charge in [-0.1, -0.05) is 39.5 Å². The lowest BCUT2D eigenvalue weighted by atomic mass is 9.94. The monoisotopic (exact) mass is 270 g/mol. The van der Waals surface area contributed by atoms with E-state index in [4.69, 9.17) is 0 Å². The van der Waals surface area contributed by atoms with Crippen molar-refractivity contribution >= 4 is 5.91 Å². The second kappa shape index (κ2) is 7.85. The van der Waals surface area contributed by atoms with E-state index in [9.17, 15) is 9.90 Å². The lowest BCUT2D eigenvalue weighted by Crippen LogP contribution is -2.49. The molecule has 0 aromatic rings.